The van der Waals surface area contributed by atoms with Crippen LogP contribution in [0.15, 0.2) is 18.2 Å². The maximum absolute atomic E-state index is 12.9. The summed E-state index contributed by atoms with van der Waals surface area (Å²) in [6.07, 6.45) is 0. The van der Waals surface area contributed by atoms with Gasteiger partial charge in [0, 0.05) is 0 Å². The van der Waals surface area contributed by atoms with Crippen LogP contribution in [0, 0.1) is 5.82 Å². The molecule has 0 saturated carbocycles. The molecule has 0 aliphatic rings. The Labute approximate surface area is 111 Å². The second kappa shape index (κ2) is 7.00. The van der Waals surface area contributed by atoms with Gasteiger partial charge < -0.3 is 14.2 Å². The van der Waals surface area contributed by atoms with Gasteiger partial charge in [-0.05, 0) is 32.0 Å². The van der Waals surface area contributed by atoms with Gasteiger partial charge in [0.25, 0.3) is 8.46 Å². The first-order chi connectivity index (χ1) is 8.56. The monoisotopic (exact) mass is 294 g/mol. The summed E-state index contributed by atoms with van der Waals surface area (Å²) in [5.41, 5.74) is -1.76. The van der Waals surface area contributed by atoms with Crippen LogP contribution in [0.25, 0.3) is 0 Å². The molecule has 4 nitrogen and oxygen atoms in total. The Morgan fingerprint density at radius 2 is 1.94 bits per heavy atom. The maximum atomic E-state index is 12.9. The lowest BCUT2D eigenvalue weighted by Gasteiger charge is -2.26. The Balaban J connectivity index is 2.97. The zero-order valence-corrected chi connectivity index (χ0v) is 11.6. The van der Waals surface area contributed by atoms with Crippen LogP contribution in [0.4, 0.5) is 4.39 Å². The van der Waals surface area contributed by atoms with Gasteiger partial charge in [0.05, 0.1) is 18.2 Å². The maximum Gasteiger partial charge on any atom is 0.413 e. The first kappa shape index (κ1) is 15.3. The van der Waals surface area contributed by atoms with Crippen LogP contribution in [0.3, 0.4) is 0 Å². The molecule has 0 radical (unpaired) electrons. The number of hydrogen-bond donors (Lipinski definition) is 0. The molecule has 0 aliphatic heterocycles. The zero-order valence-electron chi connectivity index (χ0n) is 9.98. The fourth-order valence-corrected chi connectivity index (χ4v) is 1.94. The molecule has 0 amide bonds. The third-order valence-corrected chi connectivity index (χ3v) is 2.77. The van der Waals surface area contributed by atoms with Crippen LogP contribution >= 0.6 is 20.1 Å². The lowest BCUT2D eigenvalue weighted by molar-refractivity contribution is -0.277. The van der Waals surface area contributed by atoms with Crippen LogP contribution in [0.5, 0.6) is 5.75 Å². The van der Waals surface area contributed by atoms with E-state index in [-0.39, 0.29) is 24.0 Å². The Hall–Kier alpha value is -0.740. The van der Waals surface area contributed by atoms with Crippen molar-refractivity contribution in [1.82, 2.24) is 0 Å². The van der Waals surface area contributed by atoms with Crippen molar-refractivity contribution in [2.24, 2.45) is 0 Å². The van der Waals surface area contributed by atoms with Gasteiger partial charge in [0.1, 0.15) is 11.6 Å². The highest BCUT2D eigenvalue weighted by Gasteiger charge is 2.36. The van der Waals surface area contributed by atoms with E-state index in [4.69, 9.17) is 25.8 Å². The van der Waals surface area contributed by atoms with Gasteiger partial charge in [-0.15, -0.1) is 0 Å². The second-order valence-electron chi connectivity index (χ2n) is 3.16. The first-order valence-electron chi connectivity index (χ1n) is 5.33. The Bertz CT molecular complexity index is 410. The Morgan fingerprint density at radius 1 is 1.33 bits per heavy atom. The normalized spacial score (nSPS) is 11.8. The molecule has 0 bridgehead atoms. The van der Waals surface area contributed by atoms with Gasteiger partial charge in [-0.3, -0.25) is 4.57 Å². The Morgan fingerprint density at radius 3 is 2.39 bits per heavy atom. The van der Waals surface area contributed by atoms with Gasteiger partial charge in [0.15, 0.2) is 0 Å². The summed E-state index contributed by atoms with van der Waals surface area (Å²) in [5.74, 6) is -0.367. The third kappa shape index (κ3) is 3.89. The summed E-state index contributed by atoms with van der Waals surface area (Å²) in [4.78, 5) is 0. The van der Waals surface area contributed by atoms with E-state index in [1.807, 2.05) is 0 Å². The summed E-state index contributed by atoms with van der Waals surface area (Å²) in [7, 11) is -0.506. The molecular formula is C11H13ClFO4P. The third-order valence-electron chi connectivity index (χ3n) is 1.90. The van der Waals surface area contributed by atoms with Crippen molar-refractivity contribution in [1.29, 1.82) is 0 Å². The number of halogens is 2. The van der Waals surface area contributed by atoms with Crippen LogP contribution in [-0.2, 0) is 14.0 Å². The van der Waals surface area contributed by atoms with E-state index in [1.165, 1.54) is 12.1 Å². The minimum absolute atomic E-state index is 0.0439. The molecule has 0 atom stereocenters. The molecule has 0 spiro atoms. The number of ether oxygens (including phenoxy) is 3. The zero-order chi connectivity index (χ0) is 13.6. The smallest absolute Gasteiger partial charge is 0.413 e. The first-order valence-corrected chi connectivity index (χ1v) is 6.52. The van der Waals surface area contributed by atoms with E-state index >= 15 is 0 Å². The van der Waals surface area contributed by atoms with E-state index in [2.05, 4.69) is 0 Å². The van der Waals surface area contributed by atoms with Crippen molar-refractivity contribution < 1.29 is 23.2 Å². The molecular weight excluding hydrogens is 282 g/mol. The van der Waals surface area contributed by atoms with Crippen LogP contribution in [0.1, 0.15) is 13.8 Å². The summed E-state index contributed by atoms with van der Waals surface area (Å²) in [6.45, 7) is 3.87. The van der Waals surface area contributed by atoms with Crippen molar-refractivity contribution in [2.75, 3.05) is 13.2 Å². The number of benzene rings is 1. The summed E-state index contributed by atoms with van der Waals surface area (Å²) in [5, 5.41) is 0.0439. The lowest BCUT2D eigenvalue weighted by atomic mass is 10.3. The fourth-order valence-electron chi connectivity index (χ4n) is 1.23. The minimum Gasteiger partial charge on any atom is -0.429 e. The van der Waals surface area contributed by atoms with Crippen LogP contribution in [-0.4, -0.2) is 18.9 Å². The van der Waals surface area contributed by atoms with E-state index in [0.717, 1.165) is 6.07 Å². The van der Waals surface area contributed by atoms with Gasteiger partial charge in [-0.1, -0.05) is 11.6 Å². The van der Waals surface area contributed by atoms with Crippen LogP contribution < -0.4 is 4.74 Å². The average Bonchev–Trinajstić information content (AvgIpc) is 2.33. The molecule has 0 aromatic heterocycles. The SMILES string of the molecule is CCOC(OCC)(Oc1ccc(F)cc1Cl)P=O. The van der Waals surface area contributed by atoms with E-state index < -0.39 is 20.0 Å². The highest BCUT2D eigenvalue weighted by Crippen LogP contribution is 2.34. The minimum atomic E-state index is -1.76. The van der Waals surface area contributed by atoms with Crippen molar-refractivity contribution in [3.8, 4) is 5.75 Å². The van der Waals surface area contributed by atoms with Crippen LogP contribution in [0.2, 0.25) is 5.02 Å². The lowest BCUT2D eigenvalue weighted by Crippen LogP contribution is -2.36. The van der Waals surface area contributed by atoms with Crippen molar-refractivity contribution in [2.45, 2.75) is 19.6 Å². The molecule has 18 heavy (non-hydrogen) atoms. The Kier molecular flexibility index (Phi) is 5.96. The van der Waals surface area contributed by atoms with Gasteiger partial charge in [0.2, 0.25) is 0 Å². The van der Waals surface area contributed by atoms with Gasteiger partial charge in [-0.25, -0.2) is 4.39 Å². The van der Waals surface area contributed by atoms with E-state index in [0.29, 0.717) is 0 Å². The quantitative estimate of drug-likeness (QED) is 0.566. The molecule has 1 rings (SSSR count). The fraction of sp³-hybridized carbons (Fsp3) is 0.455. The molecule has 1 aromatic carbocycles. The topological polar surface area (TPSA) is 44.8 Å². The predicted molar refractivity (Wildman–Crippen MR) is 65.6 cm³/mol. The molecule has 0 fully saturated rings. The van der Waals surface area contributed by atoms with Crippen molar-refractivity contribution >= 4 is 20.1 Å². The van der Waals surface area contributed by atoms with E-state index in [9.17, 15) is 8.96 Å². The molecule has 0 unspecified atom stereocenters. The number of hydrogen-bond acceptors (Lipinski definition) is 4. The average molecular weight is 295 g/mol. The molecule has 0 saturated heterocycles. The highest BCUT2D eigenvalue weighted by molar-refractivity contribution is 7.25. The molecule has 0 N–H and O–H groups in total. The summed E-state index contributed by atoms with van der Waals surface area (Å²) in [6, 6.07) is 3.57. The molecule has 0 heterocycles. The molecule has 7 heteroatoms. The van der Waals surface area contributed by atoms with E-state index in [1.54, 1.807) is 13.8 Å². The molecule has 1 aromatic rings. The molecule has 100 valence electrons. The highest BCUT2D eigenvalue weighted by atomic mass is 35.5. The predicted octanol–water partition coefficient (Wildman–Crippen LogP) is 3.83. The number of rotatable bonds is 7. The van der Waals surface area contributed by atoms with Gasteiger partial charge in [-0.2, -0.15) is 0 Å². The standard InChI is InChI=1S/C11H13ClFO4P/c1-3-15-11(18-14,16-4-2)17-10-6-5-8(13)7-9(10)12/h5-7H,3-4H2,1-2H3. The summed E-state index contributed by atoms with van der Waals surface area (Å²) < 4.78 is 39.8. The van der Waals surface area contributed by atoms with Crippen molar-refractivity contribution in [3.05, 3.63) is 29.0 Å². The summed E-state index contributed by atoms with van der Waals surface area (Å²) >= 11 is 5.81. The van der Waals surface area contributed by atoms with Gasteiger partial charge >= 0.3 is 5.71 Å². The van der Waals surface area contributed by atoms with Crippen molar-refractivity contribution in [3.63, 3.8) is 0 Å². The second-order valence-corrected chi connectivity index (χ2v) is 4.30. The molecule has 0 aliphatic carbocycles. The largest absolute Gasteiger partial charge is 0.429 e.